The molecule has 0 radical (unpaired) electrons. The number of ether oxygens (including phenoxy) is 3. The van der Waals surface area contributed by atoms with E-state index in [0.717, 1.165) is 16.7 Å². The van der Waals surface area contributed by atoms with Crippen molar-refractivity contribution in [3.8, 4) is 0 Å². The Kier molecular flexibility index (Phi) is 12.5. The van der Waals surface area contributed by atoms with Crippen molar-refractivity contribution in [3.63, 3.8) is 0 Å². The third-order valence-electron chi connectivity index (χ3n) is 8.61. The average molecular weight is 805 g/mol. The van der Waals surface area contributed by atoms with Gasteiger partial charge in [0, 0.05) is 0 Å². The highest BCUT2D eigenvalue weighted by Crippen LogP contribution is 2.38. The minimum Gasteiger partial charge on any atom is -0.387 e. The molecule has 20 heteroatoms. The maximum absolute atomic E-state index is 13.2. The molecule has 0 aliphatic carbocycles. The molecule has 5 rings (SSSR count). The molecule has 2 heterocycles. The Bertz CT molecular complexity index is 2040. The van der Waals surface area contributed by atoms with Gasteiger partial charge in [0.25, 0.3) is 30.4 Å². The number of aliphatic hydroxyl groups excluding tert-OH is 5. The first-order valence-electron chi connectivity index (χ1n) is 16.0. The van der Waals surface area contributed by atoms with Gasteiger partial charge < -0.3 is 39.7 Å². The lowest BCUT2D eigenvalue weighted by molar-refractivity contribution is -0.381. The summed E-state index contributed by atoms with van der Waals surface area (Å²) < 4.78 is 110. The van der Waals surface area contributed by atoms with Gasteiger partial charge in [-0.25, -0.2) is 0 Å². The normalized spacial score (nSPS) is 29.7. The van der Waals surface area contributed by atoms with Crippen LogP contribution >= 0.6 is 0 Å². The van der Waals surface area contributed by atoms with Gasteiger partial charge in [0.05, 0.1) is 27.9 Å². The molecule has 0 saturated carbocycles. The average Bonchev–Trinajstić information content (AvgIpc) is 3.35. The molecule has 3 unspecified atom stereocenters. The quantitative estimate of drug-likeness (QED) is 0.132. The van der Waals surface area contributed by atoms with Crippen LogP contribution in [-0.2, 0) is 57.1 Å². The molecule has 292 valence electrons. The first-order chi connectivity index (χ1) is 24.7. The van der Waals surface area contributed by atoms with Crippen LogP contribution in [0.2, 0.25) is 0 Å². The van der Waals surface area contributed by atoms with Crippen molar-refractivity contribution in [3.05, 3.63) is 89.5 Å². The van der Waals surface area contributed by atoms with Crippen LogP contribution in [0.4, 0.5) is 0 Å². The van der Waals surface area contributed by atoms with Gasteiger partial charge in [-0.1, -0.05) is 53.1 Å². The second-order valence-corrected chi connectivity index (χ2v) is 17.5. The Hall–Kier alpha value is -2.93. The van der Waals surface area contributed by atoms with Crippen molar-refractivity contribution in [1.82, 2.24) is 0 Å². The lowest BCUT2D eigenvalue weighted by Crippen LogP contribution is -2.63. The first kappa shape index (κ1) is 41.2. The third kappa shape index (κ3) is 9.31. The van der Waals surface area contributed by atoms with Crippen LogP contribution in [0.1, 0.15) is 16.7 Å². The lowest BCUT2D eigenvalue weighted by atomic mass is 9.99. The summed E-state index contributed by atoms with van der Waals surface area (Å²) in [6, 6.07) is 16.6. The molecule has 5 N–H and O–H groups in total. The largest absolute Gasteiger partial charge is 0.387 e. The zero-order chi connectivity index (χ0) is 38.9. The summed E-state index contributed by atoms with van der Waals surface area (Å²) in [4.78, 5) is -0.799. The fraction of sp³-hybridized carbons (Fsp3) is 0.455. The van der Waals surface area contributed by atoms with Gasteiger partial charge in [-0.15, -0.1) is 0 Å². The Balaban J connectivity index is 1.40. The molecule has 2 saturated heterocycles. The minimum atomic E-state index is -4.63. The van der Waals surface area contributed by atoms with Crippen LogP contribution < -0.4 is 0 Å². The zero-order valence-electron chi connectivity index (χ0n) is 28.5. The van der Waals surface area contributed by atoms with E-state index >= 15 is 0 Å². The fourth-order valence-corrected chi connectivity index (χ4v) is 8.15. The standard InChI is InChI=1S/C33H40O17S3/c1-19-4-10-22(11-5-19)51(39,40)45-16-25-27(34)29(36)30(37)32(48-25)50-33(18-47-53(43,44)24-14-8-21(3)9-15-24)31(38)28(35)26(49-33)17-46-52(41,42)23-12-6-20(2)7-13-23/h4-15,25-32,34-38H,16-18H2,1-3H3/t25?,26-,27-,28-,29+,30?,31+,32-,33?/m1/s1. The predicted molar refractivity (Wildman–Crippen MR) is 180 cm³/mol. The van der Waals surface area contributed by atoms with Gasteiger partial charge >= 0.3 is 0 Å². The van der Waals surface area contributed by atoms with Crippen molar-refractivity contribution in [2.75, 3.05) is 19.8 Å². The molecular formula is C33H40O17S3. The van der Waals surface area contributed by atoms with E-state index in [9.17, 15) is 50.8 Å². The predicted octanol–water partition coefficient (Wildman–Crippen LogP) is -0.231. The molecule has 3 aromatic rings. The maximum Gasteiger partial charge on any atom is 0.297 e. The number of rotatable bonds is 14. The van der Waals surface area contributed by atoms with Gasteiger partial charge in [0.2, 0.25) is 5.79 Å². The molecule has 2 aliphatic rings. The lowest BCUT2D eigenvalue weighted by Gasteiger charge is -2.43. The number of aliphatic hydroxyl groups is 5. The molecule has 17 nitrogen and oxygen atoms in total. The van der Waals surface area contributed by atoms with E-state index in [1.807, 2.05) is 0 Å². The molecule has 0 bridgehead atoms. The van der Waals surface area contributed by atoms with Gasteiger partial charge in [-0.2, -0.15) is 25.3 Å². The first-order valence-corrected chi connectivity index (χ1v) is 20.3. The summed E-state index contributed by atoms with van der Waals surface area (Å²) in [6.07, 6.45) is -16.1. The van der Waals surface area contributed by atoms with Crippen LogP contribution in [0, 0.1) is 20.8 Å². The Labute approximate surface area is 306 Å². The van der Waals surface area contributed by atoms with Gasteiger partial charge in [-0.05, 0) is 57.2 Å². The van der Waals surface area contributed by atoms with Crippen LogP contribution in [0.25, 0.3) is 0 Å². The maximum atomic E-state index is 13.2. The number of aryl methyl sites for hydroxylation is 3. The van der Waals surface area contributed by atoms with Crippen LogP contribution in [0.15, 0.2) is 87.5 Å². The van der Waals surface area contributed by atoms with Crippen molar-refractivity contribution < 1.29 is 77.5 Å². The number of hydrogen-bond acceptors (Lipinski definition) is 17. The summed E-state index contributed by atoms with van der Waals surface area (Å²) in [7, 11) is -13.5. The number of benzene rings is 3. The van der Waals surface area contributed by atoms with Crippen molar-refractivity contribution >= 4 is 30.4 Å². The van der Waals surface area contributed by atoms with Crippen LogP contribution in [0.3, 0.4) is 0 Å². The van der Waals surface area contributed by atoms with Crippen molar-refractivity contribution in [1.29, 1.82) is 0 Å². The second kappa shape index (κ2) is 16.0. The van der Waals surface area contributed by atoms with E-state index in [0.29, 0.717) is 0 Å². The molecule has 9 atom stereocenters. The molecule has 0 spiro atoms. The topological polar surface area (TPSA) is 259 Å². The molecule has 2 fully saturated rings. The molecule has 53 heavy (non-hydrogen) atoms. The van der Waals surface area contributed by atoms with Gasteiger partial charge in [0.1, 0.15) is 49.3 Å². The SMILES string of the molecule is Cc1ccc(S(=O)(=O)OCC2O[C@H](OC3(COS(=O)(=O)c4ccc(C)cc4)O[C@H](COS(=O)(=O)c4ccc(C)cc4)[C@@H](O)[C@@H]3O)C(O)[C@@H](O)[C@@H]2O)cc1. The summed E-state index contributed by atoms with van der Waals surface area (Å²) in [6.45, 7) is 2.06. The number of hydrogen-bond donors (Lipinski definition) is 5. The smallest absolute Gasteiger partial charge is 0.297 e. The Morgan fingerprint density at radius 2 is 0.943 bits per heavy atom. The van der Waals surface area contributed by atoms with E-state index in [1.54, 1.807) is 20.8 Å². The zero-order valence-corrected chi connectivity index (χ0v) is 31.0. The third-order valence-corrected chi connectivity index (χ3v) is 12.5. The van der Waals surface area contributed by atoms with E-state index in [1.165, 1.54) is 72.8 Å². The summed E-state index contributed by atoms with van der Waals surface area (Å²) in [5.41, 5.74) is 2.25. The minimum absolute atomic E-state index is 0.234. The van der Waals surface area contributed by atoms with Gasteiger partial charge in [0.15, 0.2) is 6.29 Å². The molecule has 2 aliphatic heterocycles. The fourth-order valence-electron chi connectivity index (χ4n) is 5.38. The highest BCUT2D eigenvalue weighted by molar-refractivity contribution is 7.87. The van der Waals surface area contributed by atoms with E-state index in [2.05, 4.69) is 0 Å². The molecular weight excluding hydrogens is 765 g/mol. The Morgan fingerprint density at radius 1 is 0.547 bits per heavy atom. The van der Waals surface area contributed by atoms with E-state index < -0.39 is 105 Å². The molecule has 3 aromatic carbocycles. The highest BCUT2D eigenvalue weighted by atomic mass is 32.2. The Morgan fingerprint density at radius 3 is 1.38 bits per heavy atom. The van der Waals surface area contributed by atoms with Crippen molar-refractivity contribution in [2.45, 2.75) is 90.3 Å². The van der Waals surface area contributed by atoms with E-state index in [4.69, 9.17) is 26.8 Å². The molecule has 0 aromatic heterocycles. The van der Waals surface area contributed by atoms with Crippen LogP contribution in [0.5, 0.6) is 0 Å². The van der Waals surface area contributed by atoms with E-state index in [-0.39, 0.29) is 14.7 Å². The summed E-state index contributed by atoms with van der Waals surface area (Å²) in [5, 5.41) is 54.5. The second-order valence-electron chi connectivity index (χ2n) is 12.7. The monoisotopic (exact) mass is 804 g/mol. The molecule has 0 amide bonds. The van der Waals surface area contributed by atoms with Crippen molar-refractivity contribution in [2.24, 2.45) is 0 Å². The summed E-state index contributed by atoms with van der Waals surface area (Å²) in [5.74, 6) is -2.80. The van der Waals surface area contributed by atoms with Gasteiger partial charge in [-0.3, -0.25) is 12.5 Å². The van der Waals surface area contributed by atoms with Crippen LogP contribution in [-0.4, -0.2) is 125 Å². The summed E-state index contributed by atoms with van der Waals surface area (Å²) >= 11 is 0. The highest BCUT2D eigenvalue weighted by Gasteiger charge is 2.60.